The van der Waals surface area contributed by atoms with Crippen LogP contribution in [0.3, 0.4) is 0 Å². The summed E-state index contributed by atoms with van der Waals surface area (Å²) >= 11 is 1.49. The average Bonchev–Trinajstić information content (AvgIpc) is 2.89. The predicted octanol–water partition coefficient (Wildman–Crippen LogP) is 1.20. The number of carbonyl (C=O) groups excluding carboxylic acids is 1. The minimum absolute atomic E-state index is 0. The van der Waals surface area contributed by atoms with Crippen LogP contribution < -0.4 is 10.6 Å². The Kier molecular flexibility index (Phi) is 7.27. The number of amides is 1. The molecule has 18 heavy (non-hydrogen) atoms. The second-order valence-electron chi connectivity index (χ2n) is 4.18. The summed E-state index contributed by atoms with van der Waals surface area (Å²) in [7, 11) is 0. The summed E-state index contributed by atoms with van der Waals surface area (Å²) in [6.07, 6.45) is 1.02. The molecule has 1 aromatic rings. The molecule has 0 spiro atoms. The van der Waals surface area contributed by atoms with Gasteiger partial charge in [-0.2, -0.15) is 0 Å². The SMILES string of the molecule is Cl.O=C(NCCCN1CCNCC1)c1cccs1. The first-order valence-corrected chi connectivity index (χ1v) is 6.99. The Morgan fingerprint density at radius 2 is 2.22 bits per heavy atom. The van der Waals surface area contributed by atoms with Gasteiger partial charge in [-0.1, -0.05) is 6.07 Å². The van der Waals surface area contributed by atoms with Gasteiger partial charge in [0.15, 0.2) is 0 Å². The van der Waals surface area contributed by atoms with Crippen LogP contribution in [-0.2, 0) is 0 Å². The zero-order chi connectivity index (χ0) is 11.9. The first kappa shape index (κ1) is 15.4. The molecule has 0 aliphatic carbocycles. The fourth-order valence-electron chi connectivity index (χ4n) is 1.93. The Balaban J connectivity index is 0.00000162. The van der Waals surface area contributed by atoms with E-state index < -0.39 is 0 Å². The van der Waals surface area contributed by atoms with E-state index in [1.54, 1.807) is 0 Å². The van der Waals surface area contributed by atoms with Crippen LogP contribution in [0.2, 0.25) is 0 Å². The molecule has 0 saturated carbocycles. The van der Waals surface area contributed by atoms with Crippen molar-refractivity contribution in [3.05, 3.63) is 22.4 Å². The Labute approximate surface area is 118 Å². The molecule has 1 amide bonds. The van der Waals surface area contributed by atoms with Crippen LogP contribution in [0.25, 0.3) is 0 Å². The van der Waals surface area contributed by atoms with Crippen molar-refractivity contribution in [2.75, 3.05) is 39.3 Å². The number of nitrogens with one attached hydrogen (secondary N) is 2. The second-order valence-corrected chi connectivity index (χ2v) is 5.13. The maximum Gasteiger partial charge on any atom is 0.261 e. The van der Waals surface area contributed by atoms with Gasteiger partial charge >= 0.3 is 0 Å². The maximum absolute atomic E-state index is 11.6. The molecule has 1 aliphatic heterocycles. The van der Waals surface area contributed by atoms with Gasteiger partial charge < -0.3 is 15.5 Å². The highest BCUT2D eigenvalue weighted by atomic mass is 35.5. The number of nitrogens with zero attached hydrogens (tertiary/aromatic N) is 1. The highest BCUT2D eigenvalue weighted by molar-refractivity contribution is 7.12. The van der Waals surface area contributed by atoms with E-state index in [0.29, 0.717) is 0 Å². The third-order valence-corrected chi connectivity index (χ3v) is 3.76. The number of piperazine rings is 1. The number of carbonyl (C=O) groups is 1. The highest BCUT2D eigenvalue weighted by Gasteiger charge is 2.09. The van der Waals surface area contributed by atoms with Crippen LogP contribution in [0.4, 0.5) is 0 Å². The van der Waals surface area contributed by atoms with Gasteiger partial charge in [-0.25, -0.2) is 0 Å². The molecule has 6 heteroatoms. The van der Waals surface area contributed by atoms with E-state index >= 15 is 0 Å². The van der Waals surface area contributed by atoms with Crippen molar-refractivity contribution >= 4 is 29.7 Å². The monoisotopic (exact) mass is 289 g/mol. The number of hydrogen-bond acceptors (Lipinski definition) is 4. The van der Waals surface area contributed by atoms with Gasteiger partial charge in [0.1, 0.15) is 0 Å². The fraction of sp³-hybridized carbons (Fsp3) is 0.583. The summed E-state index contributed by atoms with van der Waals surface area (Å²) in [6, 6.07) is 3.76. The number of thiophene rings is 1. The largest absolute Gasteiger partial charge is 0.351 e. The van der Waals surface area contributed by atoms with E-state index in [4.69, 9.17) is 0 Å². The summed E-state index contributed by atoms with van der Waals surface area (Å²) in [4.78, 5) is 14.9. The zero-order valence-electron chi connectivity index (χ0n) is 10.4. The molecule has 102 valence electrons. The van der Waals surface area contributed by atoms with Crippen molar-refractivity contribution in [1.82, 2.24) is 15.5 Å². The van der Waals surface area contributed by atoms with Crippen LogP contribution in [0.15, 0.2) is 17.5 Å². The van der Waals surface area contributed by atoms with E-state index in [1.165, 1.54) is 11.3 Å². The third-order valence-electron chi connectivity index (χ3n) is 2.89. The van der Waals surface area contributed by atoms with Crippen molar-refractivity contribution in [1.29, 1.82) is 0 Å². The predicted molar refractivity (Wildman–Crippen MR) is 77.8 cm³/mol. The molecule has 1 fully saturated rings. The van der Waals surface area contributed by atoms with E-state index in [-0.39, 0.29) is 18.3 Å². The van der Waals surface area contributed by atoms with Gasteiger partial charge in [0.05, 0.1) is 4.88 Å². The smallest absolute Gasteiger partial charge is 0.261 e. The van der Waals surface area contributed by atoms with E-state index in [0.717, 1.165) is 50.6 Å². The lowest BCUT2D eigenvalue weighted by atomic mass is 10.3. The maximum atomic E-state index is 11.6. The van der Waals surface area contributed by atoms with Gasteiger partial charge in [-0.15, -0.1) is 23.7 Å². The molecule has 0 unspecified atom stereocenters. The molecule has 2 heterocycles. The fourth-order valence-corrected chi connectivity index (χ4v) is 2.57. The average molecular weight is 290 g/mol. The van der Waals surface area contributed by atoms with Crippen LogP contribution >= 0.6 is 23.7 Å². The Hall–Kier alpha value is -0.620. The Morgan fingerprint density at radius 3 is 2.89 bits per heavy atom. The molecule has 0 radical (unpaired) electrons. The van der Waals surface area contributed by atoms with Gasteiger partial charge in [-0.3, -0.25) is 4.79 Å². The molecule has 2 rings (SSSR count). The first-order valence-electron chi connectivity index (χ1n) is 6.11. The van der Waals surface area contributed by atoms with Crippen molar-refractivity contribution < 1.29 is 4.79 Å². The standard InChI is InChI=1S/C12H19N3OS.ClH/c16-12(11-3-1-10-17-11)14-4-2-7-15-8-5-13-6-9-15;/h1,3,10,13H,2,4-9H2,(H,14,16);1H. The summed E-state index contributed by atoms with van der Waals surface area (Å²) in [5.74, 6) is 0.0558. The molecule has 2 N–H and O–H groups in total. The summed E-state index contributed by atoms with van der Waals surface area (Å²) in [5.41, 5.74) is 0. The summed E-state index contributed by atoms with van der Waals surface area (Å²) in [5, 5.41) is 8.21. The van der Waals surface area contributed by atoms with Crippen molar-refractivity contribution in [2.24, 2.45) is 0 Å². The lowest BCUT2D eigenvalue weighted by Crippen LogP contribution is -2.44. The molecule has 1 aliphatic rings. The molecule has 0 aromatic carbocycles. The third kappa shape index (κ3) is 4.94. The van der Waals surface area contributed by atoms with Crippen LogP contribution in [0.5, 0.6) is 0 Å². The topological polar surface area (TPSA) is 44.4 Å². The lowest BCUT2D eigenvalue weighted by molar-refractivity contribution is 0.0955. The Bertz CT molecular complexity index is 339. The molecule has 0 bridgehead atoms. The normalized spacial score (nSPS) is 16.0. The number of hydrogen-bond donors (Lipinski definition) is 2. The van der Waals surface area contributed by atoms with E-state index in [9.17, 15) is 4.79 Å². The van der Waals surface area contributed by atoms with Crippen LogP contribution in [0, 0.1) is 0 Å². The van der Waals surface area contributed by atoms with Gasteiger partial charge in [0.2, 0.25) is 0 Å². The van der Waals surface area contributed by atoms with Crippen molar-refractivity contribution in [2.45, 2.75) is 6.42 Å². The zero-order valence-corrected chi connectivity index (χ0v) is 12.0. The van der Waals surface area contributed by atoms with E-state index in [1.807, 2.05) is 17.5 Å². The summed E-state index contributed by atoms with van der Waals surface area (Å²) in [6.45, 7) is 6.26. The van der Waals surface area contributed by atoms with Gasteiger partial charge in [-0.05, 0) is 24.4 Å². The van der Waals surface area contributed by atoms with Crippen LogP contribution in [-0.4, -0.2) is 50.1 Å². The highest BCUT2D eigenvalue weighted by Crippen LogP contribution is 2.07. The first-order chi connectivity index (χ1) is 8.36. The molecule has 4 nitrogen and oxygen atoms in total. The Morgan fingerprint density at radius 1 is 1.44 bits per heavy atom. The van der Waals surface area contributed by atoms with Gasteiger partial charge in [0.25, 0.3) is 5.91 Å². The number of halogens is 1. The van der Waals surface area contributed by atoms with Crippen molar-refractivity contribution in [3.8, 4) is 0 Å². The van der Waals surface area contributed by atoms with E-state index in [2.05, 4.69) is 15.5 Å². The van der Waals surface area contributed by atoms with Crippen molar-refractivity contribution in [3.63, 3.8) is 0 Å². The summed E-state index contributed by atoms with van der Waals surface area (Å²) < 4.78 is 0. The lowest BCUT2D eigenvalue weighted by Gasteiger charge is -2.27. The minimum atomic E-state index is 0. The quantitative estimate of drug-likeness (QED) is 0.801. The van der Waals surface area contributed by atoms with Crippen LogP contribution in [0.1, 0.15) is 16.1 Å². The molecule has 0 atom stereocenters. The second kappa shape index (κ2) is 8.48. The molecular formula is C12H20ClN3OS. The molecular weight excluding hydrogens is 270 g/mol. The minimum Gasteiger partial charge on any atom is -0.351 e. The molecule has 1 aromatic heterocycles. The molecule has 1 saturated heterocycles. The number of rotatable bonds is 5. The van der Waals surface area contributed by atoms with Gasteiger partial charge in [0, 0.05) is 32.7 Å².